The number of rotatable bonds is 5. The molecule has 7 heteroatoms. The summed E-state index contributed by atoms with van der Waals surface area (Å²) in [4.78, 5) is 10.7. The predicted molar refractivity (Wildman–Crippen MR) is 71.4 cm³/mol. The minimum atomic E-state index is -0.380. The number of nitrogens with one attached hydrogen (secondary N) is 1. The number of hydrogen-bond donors (Lipinski definition) is 1. The van der Waals surface area contributed by atoms with E-state index in [4.69, 9.17) is 4.74 Å². The second kappa shape index (κ2) is 5.16. The largest absolute Gasteiger partial charge is 0.373 e. The Morgan fingerprint density at radius 2 is 2.37 bits per heavy atom. The minimum absolute atomic E-state index is 0.0587. The van der Waals surface area contributed by atoms with E-state index in [0.717, 1.165) is 19.4 Å². The van der Waals surface area contributed by atoms with Crippen LogP contribution in [0.1, 0.15) is 32.4 Å². The van der Waals surface area contributed by atoms with Crippen LogP contribution in [-0.2, 0) is 11.3 Å². The molecule has 1 fully saturated rings. The van der Waals surface area contributed by atoms with Gasteiger partial charge < -0.3 is 10.1 Å². The average molecular weight is 268 g/mol. The Kier molecular flexibility index (Phi) is 3.75. The molecule has 0 saturated carbocycles. The molecule has 1 aliphatic rings. The Hall–Kier alpha value is -1.63. The second-order valence-electron chi connectivity index (χ2n) is 5.11. The van der Waals surface area contributed by atoms with Crippen molar-refractivity contribution in [3.63, 3.8) is 0 Å². The summed E-state index contributed by atoms with van der Waals surface area (Å²) in [6.07, 6.45) is 2.00. The Balaban J connectivity index is 2.20. The van der Waals surface area contributed by atoms with Gasteiger partial charge >= 0.3 is 5.69 Å². The Morgan fingerprint density at radius 3 is 2.89 bits per heavy atom. The third kappa shape index (κ3) is 2.70. The van der Waals surface area contributed by atoms with Crippen LogP contribution in [0.15, 0.2) is 0 Å². The molecule has 0 spiro atoms. The van der Waals surface area contributed by atoms with Crippen molar-refractivity contribution in [2.45, 2.75) is 45.8 Å². The summed E-state index contributed by atoms with van der Waals surface area (Å²) in [5, 5.41) is 18.5. The highest BCUT2D eigenvalue weighted by Crippen LogP contribution is 2.30. The van der Waals surface area contributed by atoms with E-state index >= 15 is 0 Å². The van der Waals surface area contributed by atoms with Gasteiger partial charge in [-0.3, -0.25) is 10.1 Å². The van der Waals surface area contributed by atoms with Crippen molar-refractivity contribution in [2.24, 2.45) is 0 Å². The number of aromatic nitrogens is 2. The summed E-state index contributed by atoms with van der Waals surface area (Å²) in [6, 6.07) is 0. The highest BCUT2D eigenvalue weighted by Gasteiger charge is 2.32. The molecule has 0 aromatic carbocycles. The van der Waals surface area contributed by atoms with E-state index in [-0.39, 0.29) is 16.2 Å². The molecule has 19 heavy (non-hydrogen) atoms. The van der Waals surface area contributed by atoms with Gasteiger partial charge in [-0.05, 0) is 33.6 Å². The first-order valence-electron chi connectivity index (χ1n) is 6.56. The number of nitrogens with zero attached hydrogens (tertiary/aromatic N) is 3. The molecule has 1 unspecified atom stereocenters. The van der Waals surface area contributed by atoms with Crippen molar-refractivity contribution in [2.75, 3.05) is 18.5 Å². The fraction of sp³-hybridized carbons (Fsp3) is 0.750. The van der Waals surface area contributed by atoms with Crippen LogP contribution in [0, 0.1) is 17.0 Å². The predicted octanol–water partition coefficient (Wildman–Crippen LogP) is 2.10. The van der Waals surface area contributed by atoms with E-state index in [2.05, 4.69) is 10.4 Å². The van der Waals surface area contributed by atoms with Gasteiger partial charge in [0.05, 0.1) is 10.5 Å². The summed E-state index contributed by atoms with van der Waals surface area (Å²) in [7, 11) is 0. The molecule has 1 N–H and O–H groups in total. The van der Waals surface area contributed by atoms with Gasteiger partial charge in [-0.2, -0.15) is 5.10 Å². The molecule has 1 aromatic rings. The maximum Gasteiger partial charge on any atom is 0.333 e. The molecule has 1 atom stereocenters. The second-order valence-corrected chi connectivity index (χ2v) is 5.11. The van der Waals surface area contributed by atoms with Crippen LogP contribution < -0.4 is 5.32 Å². The van der Waals surface area contributed by atoms with Crippen LogP contribution >= 0.6 is 0 Å². The van der Waals surface area contributed by atoms with Gasteiger partial charge in [-0.1, -0.05) is 0 Å². The smallest absolute Gasteiger partial charge is 0.333 e. The van der Waals surface area contributed by atoms with Gasteiger partial charge in [-0.15, -0.1) is 0 Å². The number of anilines is 1. The zero-order valence-corrected chi connectivity index (χ0v) is 11.6. The molecule has 2 heterocycles. The normalized spacial score (nSPS) is 22.7. The molecule has 1 aliphatic heterocycles. The standard InChI is InChI=1S/C12H20N4O3/c1-4-15-11(10(16(17)18)9(2)14-15)13-8-12(3)6-5-7-19-12/h13H,4-8H2,1-3H3. The van der Waals surface area contributed by atoms with Crippen LogP contribution in [0.3, 0.4) is 0 Å². The van der Waals surface area contributed by atoms with E-state index < -0.39 is 0 Å². The van der Waals surface area contributed by atoms with Gasteiger partial charge in [-0.25, -0.2) is 4.68 Å². The van der Waals surface area contributed by atoms with Gasteiger partial charge in [0, 0.05) is 19.7 Å². The average Bonchev–Trinajstić information content (AvgIpc) is 2.91. The van der Waals surface area contributed by atoms with Crippen LogP contribution in [0.25, 0.3) is 0 Å². The fourth-order valence-electron chi connectivity index (χ4n) is 2.44. The summed E-state index contributed by atoms with van der Waals surface area (Å²) >= 11 is 0. The molecular weight excluding hydrogens is 248 g/mol. The number of aryl methyl sites for hydroxylation is 2. The third-order valence-corrected chi connectivity index (χ3v) is 3.51. The minimum Gasteiger partial charge on any atom is -0.373 e. The highest BCUT2D eigenvalue weighted by molar-refractivity contribution is 5.59. The SMILES string of the molecule is CCn1nc(C)c([N+](=O)[O-])c1NCC1(C)CCCO1. The molecule has 7 nitrogen and oxygen atoms in total. The quantitative estimate of drug-likeness (QED) is 0.653. The third-order valence-electron chi connectivity index (χ3n) is 3.51. The molecular formula is C12H20N4O3. The molecule has 0 amide bonds. The van der Waals surface area contributed by atoms with Crippen molar-refractivity contribution < 1.29 is 9.66 Å². The Morgan fingerprint density at radius 1 is 1.63 bits per heavy atom. The van der Waals surface area contributed by atoms with E-state index in [1.165, 1.54) is 0 Å². The zero-order valence-electron chi connectivity index (χ0n) is 11.6. The van der Waals surface area contributed by atoms with Crippen LogP contribution in [-0.4, -0.2) is 33.5 Å². The zero-order chi connectivity index (χ0) is 14.0. The molecule has 0 aliphatic carbocycles. The Labute approximate surface area is 112 Å². The van der Waals surface area contributed by atoms with Crippen molar-refractivity contribution in [1.82, 2.24) is 9.78 Å². The maximum atomic E-state index is 11.1. The number of ether oxygens (including phenoxy) is 1. The molecule has 106 valence electrons. The van der Waals surface area contributed by atoms with Crippen LogP contribution in [0.2, 0.25) is 0 Å². The van der Waals surface area contributed by atoms with Crippen molar-refractivity contribution in [1.29, 1.82) is 0 Å². The van der Waals surface area contributed by atoms with Crippen LogP contribution in [0.4, 0.5) is 11.5 Å². The first-order valence-corrected chi connectivity index (χ1v) is 6.56. The summed E-state index contributed by atoms with van der Waals surface area (Å²) in [5.41, 5.74) is 0.250. The van der Waals surface area contributed by atoms with Crippen molar-refractivity contribution in [3.8, 4) is 0 Å². The van der Waals surface area contributed by atoms with E-state index in [1.807, 2.05) is 13.8 Å². The lowest BCUT2D eigenvalue weighted by Crippen LogP contribution is -2.33. The van der Waals surface area contributed by atoms with E-state index in [9.17, 15) is 10.1 Å². The molecule has 0 radical (unpaired) electrons. The number of hydrogen-bond acceptors (Lipinski definition) is 5. The molecule has 2 rings (SSSR count). The lowest BCUT2D eigenvalue weighted by Gasteiger charge is -2.23. The molecule has 1 saturated heterocycles. The first kappa shape index (κ1) is 13.8. The molecule has 0 bridgehead atoms. The van der Waals surface area contributed by atoms with Crippen molar-refractivity contribution >= 4 is 11.5 Å². The van der Waals surface area contributed by atoms with Crippen LogP contribution in [0.5, 0.6) is 0 Å². The number of nitro groups is 1. The van der Waals surface area contributed by atoms with E-state index in [1.54, 1.807) is 11.6 Å². The summed E-state index contributed by atoms with van der Waals surface area (Å²) in [5.74, 6) is 0.474. The van der Waals surface area contributed by atoms with Gasteiger partial charge in [0.15, 0.2) is 0 Å². The maximum absolute atomic E-state index is 11.1. The van der Waals surface area contributed by atoms with Gasteiger partial charge in [0.1, 0.15) is 5.69 Å². The molecule has 1 aromatic heterocycles. The van der Waals surface area contributed by atoms with Gasteiger partial charge in [0.2, 0.25) is 5.82 Å². The lowest BCUT2D eigenvalue weighted by molar-refractivity contribution is -0.384. The highest BCUT2D eigenvalue weighted by atomic mass is 16.6. The monoisotopic (exact) mass is 268 g/mol. The lowest BCUT2D eigenvalue weighted by atomic mass is 10.0. The Bertz CT molecular complexity index is 478. The van der Waals surface area contributed by atoms with E-state index in [0.29, 0.717) is 24.6 Å². The fourth-order valence-corrected chi connectivity index (χ4v) is 2.44. The topological polar surface area (TPSA) is 82.2 Å². The summed E-state index contributed by atoms with van der Waals surface area (Å²) in [6.45, 7) is 7.50. The van der Waals surface area contributed by atoms with Gasteiger partial charge in [0.25, 0.3) is 0 Å². The summed E-state index contributed by atoms with van der Waals surface area (Å²) < 4.78 is 7.31. The first-order chi connectivity index (χ1) is 8.97. The van der Waals surface area contributed by atoms with Crippen molar-refractivity contribution in [3.05, 3.63) is 15.8 Å².